The second-order valence-electron chi connectivity index (χ2n) is 2.98. The van der Waals surface area contributed by atoms with Crippen molar-refractivity contribution in [2.45, 2.75) is 0 Å². The van der Waals surface area contributed by atoms with Crippen LogP contribution in [-0.2, 0) is 0 Å². The van der Waals surface area contributed by atoms with E-state index < -0.39 is 0 Å². The minimum absolute atomic E-state index is 0.694. The summed E-state index contributed by atoms with van der Waals surface area (Å²) >= 11 is 6.91. The van der Waals surface area contributed by atoms with Gasteiger partial charge in [-0.15, -0.1) is 0 Å². The number of nitrogens with zero attached hydrogens (tertiary/aromatic N) is 1. The van der Waals surface area contributed by atoms with E-state index in [2.05, 4.69) is 37.3 Å². The zero-order valence-electron chi connectivity index (χ0n) is 7.30. The largest absolute Gasteiger partial charge is 0.384 e. The smallest absolute Gasteiger partial charge is 0.113 e. The molecule has 0 atom stereocenters. The molecule has 5 heteroatoms. The Labute approximate surface area is 99.2 Å². The molecule has 0 aromatic heterocycles. The van der Waals surface area contributed by atoms with Crippen molar-refractivity contribution in [2.24, 2.45) is 5.73 Å². The van der Waals surface area contributed by atoms with Gasteiger partial charge >= 0.3 is 0 Å². The molecule has 14 heavy (non-hydrogen) atoms. The van der Waals surface area contributed by atoms with Crippen molar-refractivity contribution in [3.63, 3.8) is 0 Å². The lowest BCUT2D eigenvalue weighted by atomic mass is 10.3. The van der Waals surface area contributed by atoms with Crippen LogP contribution < -0.4 is 16.2 Å². The maximum atomic E-state index is 5.63. The molecule has 1 aliphatic rings. The summed E-state index contributed by atoms with van der Waals surface area (Å²) in [6.07, 6.45) is 1.94. The minimum atomic E-state index is 0.694. The third-order valence-electron chi connectivity index (χ3n) is 1.96. The Morgan fingerprint density at radius 3 is 2.71 bits per heavy atom. The Morgan fingerprint density at radius 1 is 1.36 bits per heavy atom. The molecule has 1 heterocycles. The fraction of sp³-hybridized carbons (Fsp3) is 0.111. The highest BCUT2D eigenvalue weighted by Gasteiger charge is 2.13. The standard InChI is InChI=1S/C9H9Br2N3/c10-6-1-2-8(7(11)5-6)14-4-3-9(12)13-14/h1-3,5,13H,4,12H2. The van der Waals surface area contributed by atoms with Gasteiger partial charge in [0, 0.05) is 8.95 Å². The molecule has 3 N–H and O–H groups in total. The molecule has 0 bridgehead atoms. The predicted octanol–water partition coefficient (Wildman–Crippen LogP) is 2.34. The van der Waals surface area contributed by atoms with E-state index in [1.54, 1.807) is 0 Å². The molecule has 0 spiro atoms. The summed E-state index contributed by atoms with van der Waals surface area (Å²) in [6, 6.07) is 6.02. The molecule has 1 aliphatic heterocycles. The lowest BCUT2D eigenvalue weighted by Crippen LogP contribution is -2.34. The van der Waals surface area contributed by atoms with Gasteiger partial charge in [-0.3, -0.25) is 10.4 Å². The van der Waals surface area contributed by atoms with Gasteiger partial charge < -0.3 is 5.73 Å². The zero-order chi connectivity index (χ0) is 10.1. The lowest BCUT2D eigenvalue weighted by Gasteiger charge is -2.20. The molecule has 0 saturated heterocycles. The van der Waals surface area contributed by atoms with Crippen LogP contribution in [0.25, 0.3) is 0 Å². The Kier molecular flexibility index (Phi) is 2.69. The van der Waals surface area contributed by atoms with Crippen molar-refractivity contribution in [3.05, 3.63) is 39.0 Å². The highest BCUT2D eigenvalue weighted by atomic mass is 79.9. The van der Waals surface area contributed by atoms with Crippen molar-refractivity contribution >= 4 is 37.5 Å². The van der Waals surface area contributed by atoms with E-state index in [1.807, 2.05) is 29.3 Å². The summed E-state index contributed by atoms with van der Waals surface area (Å²) in [4.78, 5) is 0. The molecule has 0 aliphatic carbocycles. The summed E-state index contributed by atoms with van der Waals surface area (Å²) in [7, 11) is 0. The molecule has 1 aromatic rings. The number of nitrogens with one attached hydrogen (secondary N) is 1. The first-order valence-corrected chi connectivity index (χ1v) is 5.70. The van der Waals surface area contributed by atoms with E-state index in [0.29, 0.717) is 5.82 Å². The minimum Gasteiger partial charge on any atom is -0.384 e. The van der Waals surface area contributed by atoms with Gasteiger partial charge in [0.15, 0.2) is 0 Å². The predicted molar refractivity (Wildman–Crippen MR) is 64.6 cm³/mol. The molecule has 0 amide bonds. The van der Waals surface area contributed by atoms with Crippen molar-refractivity contribution in [2.75, 3.05) is 11.6 Å². The molecule has 74 valence electrons. The summed E-state index contributed by atoms with van der Waals surface area (Å²) in [5.74, 6) is 0.694. The number of nitrogens with two attached hydrogens (primary N) is 1. The number of hydrazine groups is 1. The third-order valence-corrected chi connectivity index (χ3v) is 3.09. The van der Waals surface area contributed by atoms with Gasteiger partial charge in [-0.1, -0.05) is 15.9 Å². The number of hydrogen-bond donors (Lipinski definition) is 2. The molecule has 0 saturated carbocycles. The van der Waals surface area contributed by atoms with Crippen LogP contribution in [0.5, 0.6) is 0 Å². The SMILES string of the molecule is NC1=CCN(c2ccc(Br)cc2Br)N1. The van der Waals surface area contributed by atoms with Gasteiger partial charge in [0.2, 0.25) is 0 Å². The van der Waals surface area contributed by atoms with Crippen LogP contribution in [-0.4, -0.2) is 6.54 Å². The van der Waals surface area contributed by atoms with E-state index in [-0.39, 0.29) is 0 Å². The molecular formula is C9H9Br2N3. The van der Waals surface area contributed by atoms with Crippen LogP contribution in [0.15, 0.2) is 39.0 Å². The number of hydrogen-bond acceptors (Lipinski definition) is 3. The Morgan fingerprint density at radius 2 is 2.14 bits per heavy atom. The van der Waals surface area contributed by atoms with Gasteiger partial charge in [-0.05, 0) is 40.2 Å². The molecule has 1 aromatic carbocycles. The first-order valence-electron chi connectivity index (χ1n) is 4.12. The van der Waals surface area contributed by atoms with E-state index in [0.717, 1.165) is 21.2 Å². The first-order chi connectivity index (χ1) is 6.66. The Bertz CT molecular complexity index is 390. The maximum absolute atomic E-state index is 5.63. The fourth-order valence-electron chi connectivity index (χ4n) is 1.30. The normalized spacial score (nSPS) is 15.3. The molecule has 3 nitrogen and oxygen atoms in total. The van der Waals surface area contributed by atoms with E-state index in [9.17, 15) is 0 Å². The average Bonchev–Trinajstić information content (AvgIpc) is 2.51. The Hall–Kier alpha value is -0.680. The molecule has 0 fully saturated rings. The highest BCUT2D eigenvalue weighted by Crippen LogP contribution is 2.29. The topological polar surface area (TPSA) is 41.3 Å². The van der Waals surface area contributed by atoms with Crippen molar-refractivity contribution < 1.29 is 0 Å². The first kappa shape index (κ1) is 9.86. The van der Waals surface area contributed by atoms with E-state index in [4.69, 9.17) is 5.73 Å². The summed E-state index contributed by atoms with van der Waals surface area (Å²) in [5.41, 5.74) is 9.76. The monoisotopic (exact) mass is 317 g/mol. The van der Waals surface area contributed by atoms with Crippen LogP contribution >= 0.6 is 31.9 Å². The average molecular weight is 319 g/mol. The van der Waals surface area contributed by atoms with Crippen molar-refractivity contribution in [1.82, 2.24) is 5.43 Å². The van der Waals surface area contributed by atoms with Crippen LogP contribution in [0.2, 0.25) is 0 Å². The van der Waals surface area contributed by atoms with Crippen molar-refractivity contribution in [3.8, 4) is 0 Å². The number of halogens is 2. The van der Waals surface area contributed by atoms with E-state index >= 15 is 0 Å². The zero-order valence-corrected chi connectivity index (χ0v) is 10.5. The molecule has 0 unspecified atom stereocenters. The lowest BCUT2D eigenvalue weighted by molar-refractivity contribution is 0.795. The second kappa shape index (κ2) is 3.82. The molecular weight excluding hydrogens is 310 g/mol. The summed E-state index contributed by atoms with van der Waals surface area (Å²) < 4.78 is 2.08. The van der Waals surface area contributed by atoms with Crippen LogP contribution in [0.1, 0.15) is 0 Å². The summed E-state index contributed by atoms with van der Waals surface area (Å²) in [6.45, 7) is 0.784. The van der Waals surface area contributed by atoms with Crippen LogP contribution in [0.3, 0.4) is 0 Å². The Balaban J connectivity index is 2.25. The number of benzene rings is 1. The van der Waals surface area contributed by atoms with E-state index in [1.165, 1.54) is 0 Å². The van der Waals surface area contributed by atoms with Gasteiger partial charge in [-0.2, -0.15) is 0 Å². The highest BCUT2D eigenvalue weighted by molar-refractivity contribution is 9.11. The van der Waals surface area contributed by atoms with Crippen molar-refractivity contribution in [1.29, 1.82) is 0 Å². The summed E-state index contributed by atoms with van der Waals surface area (Å²) in [5, 5.41) is 1.98. The second-order valence-corrected chi connectivity index (χ2v) is 4.75. The van der Waals surface area contributed by atoms with Crippen LogP contribution in [0.4, 0.5) is 5.69 Å². The molecule has 0 radical (unpaired) electrons. The third kappa shape index (κ3) is 1.88. The van der Waals surface area contributed by atoms with Gasteiger partial charge in [0.05, 0.1) is 12.2 Å². The maximum Gasteiger partial charge on any atom is 0.113 e. The molecule has 2 rings (SSSR count). The van der Waals surface area contributed by atoms with Gasteiger partial charge in [0.1, 0.15) is 5.82 Å². The quantitative estimate of drug-likeness (QED) is 0.835. The number of rotatable bonds is 1. The fourth-order valence-corrected chi connectivity index (χ4v) is 2.56. The van der Waals surface area contributed by atoms with Crippen LogP contribution in [0, 0.1) is 0 Å². The van der Waals surface area contributed by atoms with Gasteiger partial charge in [-0.25, -0.2) is 0 Å². The van der Waals surface area contributed by atoms with Gasteiger partial charge in [0.25, 0.3) is 0 Å². The number of anilines is 1.